The molecule has 17 heavy (non-hydrogen) atoms. The standard InChI is InChI=1S/C13H14O4/c14-9-17-12-6-11(7-12)13(15)16-8-10-4-2-1-3-5-10/h1-5,9,11-12H,6-8H2. The molecule has 1 aromatic carbocycles. The van der Waals surface area contributed by atoms with Crippen molar-refractivity contribution < 1.29 is 19.1 Å². The van der Waals surface area contributed by atoms with Crippen LogP contribution in [0.25, 0.3) is 0 Å². The Labute approximate surface area is 99.5 Å². The Kier molecular flexibility index (Phi) is 3.75. The van der Waals surface area contributed by atoms with Crippen molar-refractivity contribution >= 4 is 12.4 Å². The van der Waals surface area contributed by atoms with E-state index in [1.807, 2.05) is 30.3 Å². The highest BCUT2D eigenvalue weighted by molar-refractivity contribution is 5.73. The van der Waals surface area contributed by atoms with Crippen LogP contribution in [0.5, 0.6) is 0 Å². The largest absolute Gasteiger partial charge is 0.465 e. The van der Waals surface area contributed by atoms with Crippen LogP contribution >= 0.6 is 0 Å². The summed E-state index contributed by atoms with van der Waals surface area (Å²) in [5.41, 5.74) is 0.973. The van der Waals surface area contributed by atoms with Crippen LogP contribution in [-0.4, -0.2) is 18.5 Å². The first kappa shape index (κ1) is 11.6. The Morgan fingerprint density at radius 1 is 1.29 bits per heavy atom. The third kappa shape index (κ3) is 3.06. The maximum Gasteiger partial charge on any atom is 0.309 e. The van der Waals surface area contributed by atoms with Crippen molar-refractivity contribution in [1.29, 1.82) is 0 Å². The Hall–Kier alpha value is -1.84. The molecular weight excluding hydrogens is 220 g/mol. The quantitative estimate of drug-likeness (QED) is 0.574. The van der Waals surface area contributed by atoms with Gasteiger partial charge in [-0.05, 0) is 18.4 Å². The minimum atomic E-state index is -0.209. The number of carbonyl (C=O) groups is 2. The fourth-order valence-electron chi connectivity index (χ4n) is 1.79. The molecule has 0 heterocycles. The molecule has 4 nitrogen and oxygen atoms in total. The van der Waals surface area contributed by atoms with Gasteiger partial charge in [0.15, 0.2) is 0 Å². The van der Waals surface area contributed by atoms with Gasteiger partial charge in [-0.15, -0.1) is 0 Å². The minimum absolute atomic E-state index is 0.109. The third-order valence-electron chi connectivity index (χ3n) is 2.90. The summed E-state index contributed by atoms with van der Waals surface area (Å²) >= 11 is 0. The number of hydrogen-bond donors (Lipinski definition) is 0. The van der Waals surface area contributed by atoms with Gasteiger partial charge in [-0.1, -0.05) is 30.3 Å². The second-order valence-electron chi connectivity index (χ2n) is 4.12. The zero-order chi connectivity index (χ0) is 12.1. The first-order valence-electron chi connectivity index (χ1n) is 5.59. The van der Waals surface area contributed by atoms with E-state index in [0.717, 1.165) is 5.56 Å². The summed E-state index contributed by atoms with van der Waals surface area (Å²) in [6.45, 7) is 0.728. The fraction of sp³-hybridized carbons (Fsp3) is 0.385. The van der Waals surface area contributed by atoms with E-state index >= 15 is 0 Å². The average molecular weight is 234 g/mol. The Morgan fingerprint density at radius 2 is 2.00 bits per heavy atom. The van der Waals surface area contributed by atoms with Crippen molar-refractivity contribution in [2.45, 2.75) is 25.6 Å². The molecule has 0 unspecified atom stereocenters. The Bertz CT molecular complexity index is 382. The fourth-order valence-corrected chi connectivity index (χ4v) is 1.79. The maximum atomic E-state index is 11.6. The molecule has 1 saturated carbocycles. The zero-order valence-electron chi connectivity index (χ0n) is 9.37. The highest BCUT2D eigenvalue weighted by Gasteiger charge is 2.36. The molecule has 90 valence electrons. The van der Waals surface area contributed by atoms with E-state index in [9.17, 15) is 9.59 Å². The Balaban J connectivity index is 1.71. The summed E-state index contributed by atoms with van der Waals surface area (Å²) in [5.74, 6) is -0.330. The summed E-state index contributed by atoms with van der Waals surface area (Å²) in [5, 5.41) is 0. The lowest BCUT2D eigenvalue weighted by Crippen LogP contribution is -2.37. The average Bonchev–Trinajstić information content (AvgIpc) is 2.31. The van der Waals surface area contributed by atoms with E-state index in [4.69, 9.17) is 9.47 Å². The molecule has 0 N–H and O–H groups in total. The predicted octanol–water partition coefficient (Wildman–Crippen LogP) is 1.68. The van der Waals surface area contributed by atoms with Gasteiger partial charge in [-0.25, -0.2) is 0 Å². The van der Waals surface area contributed by atoms with Gasteiger partial charge in [0.05, 0.1) is 5.92 Å². The van der Waals surface area contributed by atoms with Crippen molar-refractivity contribution in [2.24, 2.45) is 5.92 Å². The second kappa shape index (κ2) is 5.48. The molecule has 4 heteroatoms. The molecule has 0 spiro atoms. The van der Waals surface area contributed by atoms with E-state index in [2.05, 4.69) is 0 Å². The number of hydrogen-bond acceptors (Lipinski definition) is 4. The number of rotatable bonds is 5. The molecule has 0 radical (unpaired) electrons. The molecule has 0 aromatic heterocycles. The predicted molar refractivity (Wildman–Crippen MR) is 59.9 cm³/mol. The smallest absolute Gasteiger partial charge is 0.309 e. The summed E-state index contributed by atoms with van der Waals surface area (Å²) < 4.78 is 9.91. The number of ether oxygens (including phenoxy) is 2. The van der Waals surface area contributed by atoms with Crippen molar-refractivity contribution in [3.8, 4) is 0 Å². The lowest BCUT2D eigenvalue weighted by Gasteiger charge is -2.31. The first-order chi connectivity index (χ1) is 8.29. The van der Waals surface area contributed by atoms with Crippen LogP contribution in [-0.2, 0) is 25.7 Å². The van der Waals surface area contributed by atoms with E-state index in [-0.39, 0.29) is 18.0 Å². The lowest BCUT2D eigenvalue weighted by molar-refractivity contribution is -0.162. The molecule has 1 aliphatic carbocycles. The highest BCUT2D eigenvalue weighted by atomic mass is 16.5. The molecule has 1 fully saturated rings. The van der Waals surface area contributed by atoms with Crippen molar-refractivity contribution in [3.63, 3.8) is 0 Å². The molecule has 0 amide bonds. The molecule has 0 bridgehead atoms. The Morgan fingerprint density at radius 3 is 2.65 bits per heavy atom. The lowest BCUT2D eigenvalue weighted by atomic mass is 9.82. The van der Waals surface area contributed by atoms with Crippen LogP contribution in [0.2, 0.25) is 0 Å². The van der Waals surface area contributed by atoms with E-state index in [1.165, 1.54) is 0 Å². The third-order valence-corrected chi connectivity index (χ3v) is 2.90. The van der Waals surface area contributed by atoms with Crippen LogP contribution in [0.4, 0.5) is 0 Å². The van der Waals surface area contributed by atoms with Gasteiger partial charge in [0.25, 0.3) is 6.47 Å². The molecule has 0 aliphatic heterocycles. The van der Waals surface area contributed by atoms with Gasteiger partial charge >= 0.3 is 5.97 Å². The molecule has 0 saturated heterocycles. The second-order valence-corrected chi connectivity index (χ2v) is 4.12. The topological polar surface area (TPSA) is 52.6 Å². The minimum Gasteiger partial charge on any atom is -0.465 e. The van der Waals surface area contributed by atoms with Gasteiger partial charge in [-0.2, -0.15) is 0 Å². The van der Waals surface area contributed by atoms with Gasteiger partial charge in [0, 0.05) is 0 Å². The maximum absolute atomic E-state index is 11.6. The van der Waals surface area contributed by atoms with Gasteiger partial charge in [-0.3, -0.25) is 9.59 Å². The van der Waals surface area contributed by atoms with E-state index in [1.54, 1.807) is 0 Å². The molecule has 0 atom stereocenters. The van der Waals surface area contributed by atoms with Crippen molar-refractivity contribution in [2.75, 3.05) is 0 Å². The molecule has 2 rings (SSSR count). The highest BCUT2D eigenvalue weighted by Crippen LogP contribution is 2.30. The molecule has 1 aromatic rings. The van der Waals surface area contributed by atoms with Gasteiger partial charge in [0.1, 0.15) is 12.7 Å². The summed E-state index contributed by atoms with van der Waals surface area (Å²) in [6, 6.07) is 9.54. The normalized spacial score (nSPS) is 22.4. The van der Waals surface area contributed by atoms with Crippen molar-refractivity contribution in [3.05, 3.63) is 35.9 Å². The first-order valence-corrected chi connectivity index (χ1v) is 5.59. The van der Waals surface area contributed by atoms with Crippen LogP contribution in [0.3, 0.4) is 0 Å². The van der Waals surface area contributed by atoms with Gasteiger partial charge in [0.2, 0.25) is 0 Å². The molecular formula is C13H14O4. The van der Waals surface area contributed by atoms with Crippen LogP contribution < -0.4 is 0 Å². The monoisotopic (exact) mass is 234 g/mol. The van der Waals surface area contributed by atoms with Crippen molar-refractivity contribution in [1.82, 2.24) is 0 Å². The van der Waals surface area contributed by atoms with E-state index < -0.39 is 0 Å². The zero-order valence-corrected chi connectivity index (χ0v) is 9.37. The molecule has 1 aliphatic rings. The summed E-state index contributed by atoms with van der Waals surface area (Å²) in [6.07, 6.45) is 1.04. The SMILES string of the molecule is O=COC1CC(C(=O)OCc2ccccc2)C1. The summed E-state index contributed by atoms with van der Waals surface area (Å²) in [4.78, 5) is 21.6. The van der Waals surface area contributed by atoms with E-state index in [0.29, 0.717) is 25.9 Å². The van der Waals surface area contributed by atoms with Crippen LogP contribution in [0.1, 0.15) is 18.4 Å². The van der Waals surface area contributed by atoms with Crippen LogP contribution in [0, 0.1) is 5.92 Å². The van der Waals surface area contributed by atoms with Gasteiger partial charge < -0.3 is 9.47 Å². The number of benzene rings is 1. The number of carbonyl (C=O) groups excluding carboxylic acids is 2. The van der Waals surface area contributed by atoms with Crippen LogP contribution in [0.15, 0.2) is 30.3 Å². The summed E-state index contributed by atoms with van der Waals surface area (Å²) in [7, 11) is 0. The number of esters is 1.